The third-order valence-corrected chi connectivity index (χ3v) is 2.85. The van der Waals surface area contributed by atoms with E-state index in [1.807, 2.05) is 36.4 Å². The van der Waals surface area contributed by atoms with Crippen LogP contribution in [-0.4, -0.2) is 13.1 Å². The monoisotopic (exact) mass is 292 g/mol. The van der Waals surface area contributed by atoms with Gasteiger partial charge in [-0.25, -0.2) is 0 Å². The van der Waals surface area contributed by atoms with Gasteiger partial charge in [0.25, 0.3) is 0 Å². The second-order valence-electron chi connectivity index (χ2n) is 4.35. The number of ether oxygens (including phenoxy) is 1. The highest BCUT2D eigenvalue weighted by molar-refractivity contribution is 5.85. The fourth-order valence-electron chi connectivity index (χ4n) is 1.85. The van der Waals surface area contributed by atoms with Crippen LogP contribution in [0, 0.1) is 0 Å². The molecule has 0 spiro atoms. The summed E-state index contributed by atoms with van der Waals surface area (Å²) in [6.45, 7) is 2.83. The van der Waals surface area contributed by atoms with Gasteiger partial charge < -0.3 is 15.8 Å². The Morgan fingerprint density at radius 3 is 2.40 bits per heavy atom. The molecule has 0 amide bonds. The van der Waals surface area contributed by atoms with Gasteiger partial charge >= 0.3 is 0 Å². The normalized spacial score (nSPS) is 9.85. The third-order valence-electron chi connectivity index (χ3n) is 2.85. The third kappa shape index (κ3) is 5.21. The maximum absolute atomic E-state index is 5.88. The van der Waals surface area contributed by atoms with E-state index >= 15 is 0 Å². The van der Waals surface area contributed by atoms with Gasteiger partial charge in [0, 0.05) is 25.2 Å². The van der Waals surface area contributed by atoms with E-state index in [0.29, 0.717) is 13.2 Å². The van der Waals surface area contributed by atoms with Gasteiger partial charge in [0.05, 0.1) is 0 Å². The second-order valence-corrected chi connectivity index (χ2v) is 4.35. The molecular weight excluding hydrogens is 272 g/mol. The quantitative estimate of drug-likeness (QED) is 0.772. The lowest BCUT2D eigenvalue weighted by Gasteiger charge is -2.12. The lowest BCUT2D eigenvalue weighted by molar-refractivity contribution is 0.302. The van der Waals surface area contributed by atoms with Crippen molar-refractivity contribution in [2.45, 2.75) is 13.2 Å². The zero-order valence-electron chi connectivity index (χ0n) is 11.4. The van der Waals surface area contributed by atoms with Gasteiger partial charge in [0.2, 0.25) is 0 Å². The Bertz CT molecular complexity index is 491. The molecule has 0 bridgehead atoms. The Kier molecular flexibility index (Phi) is 7.73. The van der Waals surface area contributed by atoms with E-state index < -0.39 is 0 Å². The van der Waals surface area contributed by atoms with Crippen LogP contribution in [0.2, 0.25) is 0 Å². The first-order valence-corrected chi connectivity index (χ1v) is 6.55. The largest absolute Gasteiger partial charge is 0.489 e. The van der Waals surface area contributed by atoms with E-state index in [1.54, 1.807) is 0 Å². The van der Waals surface area contributed by atoms with Crippen LogP contribution in [0.3, 0.4) is 0 Å². The number of hydrogen-bond donors (Lipinski definition) is 2. The van der Waals surface area contributed by atoms with Crippen LogP contribution >= 0.6 is 12.4 Å². The van der Waals surface area contributed by atoms with Crippen molar-refractivity contribution in [1.82, 2.24) is 5.32 Å². The summed E-state index contributed by atoms with van der Waals surface area (Å²) in [7, 11) is 0. The van der Waals surface area contributed by atoms with Crippen molar-refractivity contribution in [2.24, 2.45) is 5.73 Å². The zero-order chi connectivity index (χ0) is 13.3. The van der Waals surface area contributed by atoms with Crippen molar-refractivity contribution in [2.75, 3.05) is 13.1 Å². The average molecular weight is 293 g/mol. The fraction of sp³-hybridized carbons (Fsp3) is 0.250. The summed E-state index contributed by atoms with van der Waals surface area (Å²) in [6, 6.07) is 18.3. The molecule has 2 aromatic carbocycles. The molecule has 0 atom stereocenters. The maximum Gasteiger partial charge on any atom is 0.124 e. The van der Waals surface area contributed by atoms with Crippen molar-refractivity contribution in [3.05, 3.63) is 65.7 Å². The summed E-state index contributed by atoms with van der Waals surface area (Å²) in [5.74, 6) is 0.927. The zero-order valence-corrected chi connectivity index (χ0v) is 12.2. The highest BCUT2D eigenvalue weighted by atomic mass is 35.5. The minimum absolute atomic E-state index is 0. The van der Waals surface area contributed by atoms with Crippen LogP contribution in [0.1, 0.15) is 11.1 Å². The van der Waals surface area contributed by atoms with Gasteiger partial charge in [-0.3, -0.25) is 0 Å². The minimum atomic E-state index is 0. The number of benzene rings is 2. The van der Waals surface area contributed by atoms with Crippen LogP contribution in [-0.2, 0) is 13.2 Å². The minimum Gasteiger partial charge on any atom is -0.489 e. The Labute approximate surface area is 126 Å². The van der Waals surface area contributed by atoms with Crippen LogP contribution in [0.25, 0.3) is 0 Å². The van der Waals surface area contributed by atoms with Crippen molar-refractivity contribution in [1.29, 1.82) is 0 Å². The molecule has 4 heteroatoms. The van der Waals surface area contributed by atoms with Crippen molar-refractivity contribution >= 4 is 12.4 Å². The number of rotatable bonds is 7. The van der Waals surface area contributed by atoms with Crippen molar-refractivity contribution < 1.29 is 4.74 Å². The fourth-order valence-corrected chi connectivity index (χ4v) is 1.85. The molecule has 0 aromatic heterocycles. The Hall–Kier alpha value is -1.55. The van der Waals surface area contributed by atoms with Crippen LogP contribution in [0.5, 0.6) is 5.75 Å². The summed E-state index contributed by atoms with van der Waals surface area (Å²) in [5, 5.41) is 3.28. The Morgan fingerprint density at radius 1 is 0.950 bits per heavy atom. The molecule has 3 N–H and O–H groups in total. The van der Waals surface area contributed by atoms with Crippen LogP contribution in [0.4, 0.5) is 0 Å². The highest BCUT2D eigenvalue weighted by Crippen LogP contribution is 2.19. The Morgan fingerprint density at radius 2 is 1.65 bits per heavy atom. The smallest absolute Gasteiger partial charge is 0.124 e. The molecule has 2 rings (SSSR count). The lowest BCUT2D eigenvalue weighted by atomic mass is 10.2. The molecule has 108 valence electrons. The molecule has 0 aliphatic rings. The molecule has 0 radical (unpaired) electrons. The maximum atomic E-state index is 5.88. The van der Waals surface area contributed by atoms with Gasteiger partial charge in [-0.2, -0.15) is 0 Å². The summed E-state index contributed by atoms with van der Waals surface area (Å²) in [6.07, 6.45) is 0. The van der Waals surface area contributed by atoms with E-state index in [2.05, 4.69) is 23.5 Å². The molecular formula is C16H21ClN2O. The number of nitrogens with two attached hydrogens (primary N) is 1. The van der Waals surface area contributed by atoms with Gasteiger partial charge in [-0.05, 0) is 11.6 Å². The van der Waals surface area contributed by atoms with Gasteiger partial charge in [-0.1, -0.05) is 48.5 Å². The van der Waals surface area contributed by atoms with Crippen molar-refractivity contribution in [3.8, 4) is 5.75 Å². The molecule has 0 fully saturated rings. The molecule has 0 saturated heterocycles. The standard InChI is InChI=1S/C16H20N2O.ClH/c17-10-11-18-12-15-8-4-5-9-16(15)19-13-14-6-2-1-3-7-14;/h1-9,18H,10-13,17H2;1H. The second kappa shape index (κ2) is 9.37. The molecule has 2 aromatic rings. The van der Waals surface area contributed by atoms with E-state index in [4.69, 9.17) is 10.5 Å². The van der Waals surface area contributed by atoms with Gasteiger partial charge in [0.15, 0.2) is 0 Å². The molecule has 20 heavy (non-hydrogen) atoms. The molecule has 0 heterocycles. The van der Waals surface area contributed by atoms with E-state index in [9.17, 15) is 0 Å². The first-order valence-electron chi connectivity index (χ1n) is 6.55. The van der Waals surface area contributed by atoms with Crippen molar-refractivity contribution in [3.63, 3.8) is 0 Å². The Balaban J connectivity index is 0.00000200. The summed E-state index contributed by atoms with van der Waals surface area (Å²) < 4.78 is 5.88. The van der Waals surface area contributed by atoms with Crippen LogP contribution in [0.15, 0.2) is 54.6 Å². The molecule has 0 aliphatic heterocycles. The SMILES string of the molecule is Cl.NCCNCc1ccccc1OCc1ccccc1. The predicted octanol–water partition coefficient (Wildman–Crippen LogP) is 2.74. The molecule has 0 aliphatic carbocycles. The summed E-state index contributed by atoms with van der Waals surface area (Å²) in [5.41, 5.74) is 7.80. The number of hydrogen-bond acceptors (Lipinski definition) is 3. The van der Waals surface area contributed by atoms with Gasteiger partial charge in [-0.15, -0.1) is 12.4 Å². The first-order chi connectivity index (χ1) is 9.40. The number of nitrogens with one attached hydrogen (secondary N) is 1. The molecule has 0 saturated carbocycles. The summed E-state index contributed by atoms with van der Waals surface area (Å²) >= 11 is 0. The van der Waals surface area contributed by atoms with Crippen LogP contribution < -0.4 is 15.8 Å². The topological polar surface area (TPSA) is 47.3 Å². The molecule has 3 nitrogen and oxygen atoms in total. The van der Waals surface area contributed by atoms with E-state index in [1.165, 1.54) is 5.56 Å². The summed E-state index contributed by atoms with van der Waals surface area (Å²) in [4.78, 5) is 0. The first kappa shape index (κ1) is 16.5. The number of halogens is 1. The average Bonchev–Trinajstić information content (AvgIpc) is 2.48. The van der Waals surface area contributed by atoms with E-state index in [0.717, 1.165) is 24.4 Å². The lowest BCUT2D eigenvalue weighted by Crippen LogP contribution is -2.22. The predicted molar refractivity (Wildman–Crippen MR) is 85.2 cm³/mol. The highest BCUT2D eigenvalue weighted by Gasteiger charge is 2.02. The molecule has 0 unspecified atom stereocenters. The van der Waals surface area contributed by atoms with Gasteiger partial charge in [0.1, 0.15) is 12.4 Å². The van der Waals surface area contributed by atoms with E-state index in [-0.39, 0.29) is 12.4 Å². The number of para-hydroxylation sites is 1.